The summed E-state index contributed by atoms with van der Waals surface area (Å²) < 4.78 is 0. The van der Waals surface area contributed by atoms with Crippen LogP contribution in [0.15, 0.2) is 70.9 Å². The smallest absolute Gasteiger partial charge is 0.115 e. The van der Waals surface area contributed by atoms with Crippen LogP contribution >= 0.6 is 12.4 Å². The van der Waals surface area contributed by atoms with E-state index in [0.29, 0.717) is 5.69 Å². The summed E-state index contributed by atoms with van der Waals surface area (Å²) in [7, 11) is 0. The molecule has 0 bridgehead atoms. The number of phenols is 1. The fourth-order valence-electron chi connectivity index (χ4n) is 3.04. The summed E-state index contributed by atoms with van der Waals surface area (Å²) in [6.45, 7) is 8.42. The molecule has 0 aliphatic heterocycles. The third kappa shape index (κ3) is 5.44. The molecule has 148 valence electrons. The second-order valence-corrected chi connectivity index (χ2v) is 6.35. The van der Waals surface area contributed by atoms with Gasteiger partial charge in [-0.05, 0) is 49.5 Å². The van der Waals surface area contributed by atoms with Gasteiger partial charge in [-0.2, -0.15) is 5.11 Å². The van der Waals surface area contributed by atoms with E-state index in [1.807, 2.05) is 18.2 Å². The Hall–Kier alpha value is -2.63. The number of nitrogens with one attached hydrogen (secondary N) is 1. The van der Waals surface area contributed by atoms with Gasteiger partial charge in [0.05, 0.1) is 11.4 Å². The summed E-state index contributed by atoms with van der Waals surface area (Å²) in [4.78, 5) is 2.40. The Bertz CT molecular complexity index is 908. The molecule has 0 atom stereocenters. The van der Waals surface area contributed by atoms with Gasteiger partial charge in [0.25, 0.3) is 0 Å². The number of aromatic hydroxyl groups is 1. The lowest BCUT2D eigenvalue weighted by molar-refractivity contribution is 0.316. The first-order chi connectivity index (χ1) is 13.2. The molecule has 3 aromatic rings. The third-order valence-corrected chi connectivity index (χ3v) is 4.66. The van der Waals surface area contributed by atoms with Gasteiger partial charge in [0.15, 0.2) is 0 Å². The van der Waals surface area contributed by atoms with Crippen LogP contribution < -0.4 is 5.32 Å². The van der Waals surface area contributed by atoms with Crippen LogP contribution in [0.5, 0.6) is 5.75 Å². The van der Waals surface area contributed by atoms with Gasteiger partial charge in [0, 0.05) is 29.5 Å². The number of halogens is 1. The molecular weight excluding hydrogens is 372 g/mol. The molecule has 28 heavy (non-hydrogen) atoms. The van der Waals surface area contributed by atoms with E-state index >= 15 is 0 Å². The van der Waals surface area contributed by atoms with Gasteiger partial charge >= 0.3 is 0 Å². The van der Waals surface area contributed by atoms with Crippen molar-refractivity contribution in [1.29, 1.82) is 0 Å². The largest absolute Gasteiger partial charge is 0.508 e. The van der Waals surface area contributed by atoms with Crippen molar-refractivity contribution in [2.24, 2.45) is 10.2 Å². The summed E-state index contributed by atoms with van der Waals surface area (Å²) in [6.07, 6.45) is 0. The van der Waals surface area contributed by atoms with Gasteiger partial charge in [-0.3, -0.25) is 0 Å². The quantitative estimate of drug-likeness (QED) is 0.448. The molecule has 3 rings (SSSR count). The summed E-state index contributed by atoms with van der Waals surface area (Å²) in [5, 5.41) is 23.8. The van der Waals surface area contributed by atoms with Crippen LogP contribution in [-0.4, -0.2) is 36.2 Å². The highest BCUT2D eigenvalue weighted by atomic mass is 35.5. The van der Waals surface area contributed by atoms with Crippen molar-refractivity contribution in [3.8, 4) is 5.75 Å². The van der Waals surface area contributed by atoms with Crippen LogP contribution in [-0.2, 0) is 0 Å². The molecule has 0 radical (unpaired) electrons. The van der Waals surface area contributed by atoms with Crippen molar-refractivity contribution in [2.45, 2.75) is 13.8 Å². The fraction of sp³-hybridized carbons (Fsp3) is 0.273. The topological polar surface area (TPSA) is 60.2 Å². The zero-order valence-electron chi connectivity index (χ0n) is 16.3. The monoisotopic (exact) mass is 398 g/mol. The van der Waals surface area contributed by atoms with Crippen LogP contribution in [0.25, 0.3) is 10.8 Å². The van der Waals surface area contributed by atoms with Crippen molar-refractivity contribution in [2.75, 3.05) is 31.5 Å². The van der Waals surface area contributed by atoms with Gasteiger partial charge in [-0.15, -0.1) is 17.5 Å². The molecule has 0 aromatic heterocycles. The van der Waals surface area contributed by atoms with Gasteiger partial charge in [0.2, 0.25) is 0 Å². The summed E-state index contributed by atoms with van der Waals surface area (Å²) in [6, 6.07) is 19.0. The Labute approximate surface area is 172 Å². The molecule has 0 aliphatic rings. The number of nitrogens with zero attached hydrogens (tertiary/aromatic N) is 3. The molecule has 2 N–H and O–H groups in total. The van der Waals surface area contributed by atoms with E-state index in [1.54, 1.807) is 24.3 Å². The molecule has 0 aliphatic carbocycles. The van der Waals surface area contributed by atoms with Crippen molar-refractivity contribution in [3.05, 3.63) is 60.7 Å². The van der Waals surface area contributed by atoms with Gasteiger partial charge < -0.3 is 15.3 Å². The average molecular weight is 399 g/mol. The van der Waals surface area contributed by atoms with Crippen LogP contribution in [0.2, 0.25) is 0 Å². The molecular formula is C22H27ClN4O. The lowest BCUT2D eigenvalue weighted by Crippen LogP contribution is -2.28. The van der Waals surface area contributed by atoms with Crippen LogP contribution in [0.1, 0.15) is 13.8 Å². The van der Waals surface area contributed by atoms with Gasteiger partial charge in [-0.25, -0.2) is 0 Å². The summed E-state index contributed by atoms with van der Waals surface area (Å²) >= 11 is 0. The number of anilines is 1. The first-order valence-corrected chi connectivity index (χ1v) is 9.40. The average Bonchev–Trinajstić information content (AvgIpc) is 2.71. The maximum atomic E-state index is 9.37. The molecule has 0 fully saturated rings. The second kappa shape index (κ2) is 10.6. The standard InChI is InChI=1S/C22H26N4O.ClH/c1-3-26(4-2)16-15-23-21-13-14-22(20-8-6-5-7-19(20)21)25-24-17-9-11-18(27)12-10-17;/h5-14,23,27H,3-4,15-16H2,1-2H3;1H. The molecule has 0 spiro atoms. The van der Waals surface area contributed by atoms with Crippen molar-refractivity contribution < 1.29 is 5.11 Å². The highest BCUT2D eigenvalue weighted by Crippen LogP contribution is 2.33. The number of fused-ring (bicyclic) bond motifs is 1. The number of phenolic OH excluding ortho intramolecular Hbond substituents is 1. The minimum absolute atomic E-state index is 0. The van der Waals surface area contributed by atoms with E-state index < -0.39 is 0 Å². The predicted molar refractivity (Wildman–Crippen MR) is 120 cm³/mol. The van der Waals surface area contributed by atoms with Crippen molar-refractivity contribution in [3.63, 3.8) is 0 Å². The Morgan fingerprint density at radius 3 is 2.21 bits per heavy atom. The first-order valence-electron chi connectivity index (χ1n) is 9.40. The zero-order chi connectivity index (χ0) is 19.1. The lowest BCUT2D eigenvalue weighted by Gasteiger charge is -2.19. The Morgan fingerprint density at radius 2 is 1.54 bits per heavy atom. The number of rotatable bonds is 8. The maximum absolute atomic E-state index is 9.37. The molecule has 0 unspecified atom stereocenters. The number of azo groups is 1. The maximum Gasteiger partial charge on any atom is 0.115 e. The second-order valence-electron chi connectivity index (χ2n) is 6.35. The number of likely N-dealkylation sites (N-methyl/N-ethyl adjacent to an activating group) is 1. The first kappa shape index (κ1) is 21.7. The SMILES string of the molecule is CCN(CC)CCNc1ccc(N=Nc2ccc(O)cc2)c2ccccc12.Cl. The molecule has 6 heteroatoms. The minimum Gasteiger partial charge on any atom is -0.508 e. The van der Waals surface area contributed by atoms with Crippen molar-refractivity contribution >= 4 is 40.2 Å². The molecule has 5 nitrogen and oxygen atoms in total. The number of benzene rings is 3. The van der Waals surface area contributed by atoms with Gasteiger partial charge in [-0.1, -0.05) is 38.1 Å². The Balaban J connectivity index is 0.00000280. The van der Waals surface area contributed by atoms with Crippen molar-refractivity contribution in [1.82, 2.24) is 4.90 Å². The summed E-state index contributed by atoms with van der Waals surface area (Å²) in [5.74, 6) is 0.222. The van der Waals surface area contributed by atoms with E-state index in [4.69, 9.17) is 0 Å². The van der Waals surface area contributed by atoms with Crippen LogP contribution in [0.3, 0.4) is 0 Å². The minimum atomic E-state index is 0. The predicted octanol–water partition coefficient (Wildman–Crippen LogP) is 6.14. The number of hydrogen-bond acceptors (Lipinski definition) is 5. The lowest BCUT2D eigenvalue weighted by atomic mass is 10.1. The van der Waals surface area contributed by atoms with Gasteiger partial charge in [0.1, 0.15) is 5.75 Å². The van der Waals surface area contributed by atoms with E-state index in [0.717, 1.165) is 48.3 Å². The van der Waals surface area contributed by atoms with Crippen LogP contribution in [0.4, 0.5) is 17.1 Å². The molecule has 3 aromatic carbocycles. The molecule has 0 saturated heterocycles. The fourth-order valence-corrected chi connectivity index (χ4v) is 3.04. The Kier molecular flexibility index (Phi) is 8.23. The zero-order valence-corrected chi connectivity index (χ0v) is 17.1. The molecule has 0 heterocycles. The van der Waals surface area contributed by atoms with E-state index in [2.05, 4.69) is 52.5 Å². The van der Waals surface area contributed by atoms with Crippen LogP contribution in [0, 0.1) is 0 Å². The number of hydrogen-bond donors (Lipinski definition) is 2. The highest BCUT2D eigenvalue weighted by molar-refractivity contribution is 6.00. The molecule has 0 saturated carbocycles. The Morgan fingerprint density at radius 1 is 0.857 bits per heavy atom. The van der Waals surface area contributed by atoms with E-state index in [1.165, 1.54) is 0 Å². The highest BCUT2D eigenvalue weighted by Gasteiger charge is 2.06. The van der Waals surface area contributed by atoms with E-state index in [-0.39, 0.29) is 18.2 Å². The third-order valence-electron chi connectivity index (χ3n) is 4.66. The van der Waals surface area contributed by atoms with E-state index in [9.17, 15) is 5.11 Å². The summed E-state index contributed by atoms with van der Waals surface area (Å²) in [5.41, 5.74) is 2.65. The molecule has 0 amide bonds. The normalized spacial score (nSPS) is 11.1.